The molecule has 0 saturated heterocycles. The smallest absolute Gasteiger partial charge is 0.113 e. The first-order valence-electron chi connectivity index (χ1n) is 7.42. The Morgan fingerprint density at radius 2 is 1.89 bits per heavy atom. The van der Waals surface area contributed by atoms with Crippen molar-refractivity contribution in [2.45, 2.75) is 71.4 Å². The summed E-state index contributed by atoms with van der Waals surface area (Å²) in [4.78, 5) is 0. The van der Waals surface area contributed by atoms with E-state index in [2.05, 4.69) is 27.7 Å². The molecule has 4 heteroatoms. The van der Waals surface area contributed by atoms with Crippen LogP contribution in [0.4, 0.5) is 0 Å². The van der Waals surface area contributed by atoms with Crippen molar-refractivity contribution in [3.8, 4) is 0 Å². The predicted octanol–water partition coefficient (Wildman–Crippen LogP) is 3.61. The molecule has 112 valence electrons. The van der Waals surface area contributed by atoms with Crippen molar-refractivity contribution >= 4 is 19.6 Å². The van der Waals surface area contributed by atoms with Crippen molar-refractivity contribution in [1.29, 1.82) is 0 Å². The molecule has 2 atom stereocenters. The van der Waals surface area contributed by atoms with Gasteiger partial charge in [0.25, 0.3) is 0 Å². The normalized spacial score (nSPS) is 17.2. The molecule has 2 radical (unpaired) electrons. The van der Waals surface area contributed by atoms with Crippen LogP contribution in [0, 0.1) is 5.92 Å². The van der Waals surface area contributed by atoms with Gasteiger partial charge in [0.05, 0.1) is 5.60 Å². The Morgan fingerprint density at radius 3 is 2.42 bits per heavy atom. The Morgan fingerprint density at radius 1 is 1.26 bits per heavy atom. The van der Waals surface area contributed by atoms with Crippen molar-refractivity contribution in [1.82, 2.24) is 0 Å². The fraction of sp³-hybridized carbons (Fsp3) is 1.00. The summed E-state index contributed by atoms with van der Waals surface area (Å²) in [5, 5.41) is 9.47. The fourth-order valence-corrected chi connectivity index (χ4v) is 2.61. The summed E-state index contributed by atoms with van der Waals surface area (Å²) in [6.45, 7) is 10.8. The molecule has 2 nitrogen and oxygen atoms in total. The van der Waals surface area contributed by atoms with Crippen LogP contribution in [-0.4, -0.2) is 42.2 Å². The summed E-state index contributed by atoms with van der Waals surface area (Å²) < 4.78 is 5.90. The summed E-state index contributed by atoms with van der Waals surface area (Å²) in [6, 6.07) is 0. The Bertz CT molecular complexity index is 227. The minimum Gasteiger partial charge on any atom is -0.400 e. The van der Waals surface area contributed by atoms with E-state index in [0.717, 1.165) is 0 Å². The fourth-order valence-electron chi connectivity index (χ4n) is 1.75. The lowest BCUT2D eigenvalue weighted by Gasteiger charge is -2.33. The first-order valence-corrected chi connectivity index (χ1v) is 8.57. The maximum Gasteiger partial charge on any atom is 0.113 e. The molecule has 19 heavy (non-hydrogen) atoms. The molecule has 1 N–H and O–H groups in total. The first kappa shape index (κ1) is 19.3. The van der Waals surface area contributed by atoms with Crippen molar-refractivity contribution in [2.75, 3.05) is 18.1 Å². The molecule has 0 aliphatic heterocycles. The molecule has 0 amide bonds. The van der Waals surface area contributed by atoms with Crippen LogP contribution in [-0.2, 0) is 4.74 Å². The number of rotatable bonds is 11. The van der Waals surface area contributed by atoms with Gasteiger partial charge in [0.15, 0.2) is 0 Å². The molecule has 0 bridgehead atoms. The first-order chi connectivity index (χ1) is 8.69. The molecule has 0 aliphatic carbocycles. The molecule has 0 spiro atoms. The van der Waals surface area contributed by atoms with Gasteiger partial charge in [-0.1, -0.05) is 13.8 Å². The van der Waals surface area contributed by atoms with Gasteiger partial charge in [-0.2, -0.15) is 11.8 Å². The van der Waals surface area contributed by atoms with Crippen LogP contribution >= 0.6 is 11.8 Å². The largest absolute Gasteiger partial charge is 0.400 e. The molecule has 0 saturated carbocycles. The zero-order valence-electron chi connectivity index (χ0n) is 13.4. The van der Waals surface area contributed by atoms with E-state index in [4.69, 9.17) is 12.6 Å². The molecular formula is C15H31BO2S. The molecule has 0 fully saturated rings. The number of aliphatic hydroxyl groups is 1. The Labute approximate surface area is 125 Å². The summed E-state index contributed by atoms with van der Waals surface area (Å²) in [5.41, 5.74) is -1.28. The number of hydrogen-bond donors (Lipinski definition) is 1. The quantitative estimate of drug-likeness (QED) is 0.465. The van der Waals surface area contributed by atoms with Crippen LogP contribution in [0.1, 0.15) is 60.3 Å². The molecule has 0 aromatic rings. The van der Waals surface area contributed by atoms with Crippen LogP contribution in [0.5, 0.6) is 0 Å². The van der Waals surface area contributed by atoms with E-state index in [1.807, 2.05) is 11.8 Å². The number of thioether (sulfide) groups is 1. The van der Waals surface area contributed by atoms with E-state index in [1.54, 1.807) is 6.92 Å². The van der Waals surface area contributed by atoms with Crippen molar-refractivity contribution in [2.24, 2.45) is 5.92 Å². The van der Waals surface area contributed by atoms with E-state index in [1.165, 1.54) is 30.8 Å². The second kappa shape index (κ2) is 9.30. The maximum atomic E-state index is 9.47. The van der Waals surface area contributed by atoms with E-state index in [9.17, 15) is 5.11 Å². The highest BCUT2D eigenvalue weighted by atomic mass is 32.2. The zero-order chi connectivity index (χ0) is 14.9. The summed E-state index contributed by atoms with van der Waals surface area (Å²) >= 11 is 2.04. The third-order valence-corrected chi connectivity index (χ3v) is 4.82. The Balaban J connectivity index is 3.83. The van der Waals surface area contributed by atoms with Crippen LogP contribution in [0.2, 0.25) is 0 Å². The molecule has 0 aromatic heterocycles. The van der Waals surface area contributed by atoms with Gasteiger partial charge in [-0.05, 0) is 63.9 Å². The number of ether oxygens (including phenoxy) is 1. The highest BCUT2D eigenvalue weighted by molar-refractivity contribution is 7.99. The van der Waals surface area contributed by atoms with Gasteiger partial charge in [-0.15, -0.1) is 0 Å². The van der Waals surface area contributed by atoms with E-state index >= 15 is 0 Å². The lowest BCUT2D eigenvalue weighted by Crippen LogP contribution is -2.35. The standard InChI is InChI=1S/C15H31BO2S/c1-6-11-19-12-7-8-13(2)14(3,4)18-10-9-15(5,16)17/h13,17H,6-12H2,1-5H3. The monoisotopic (exact) mass is 286 g/mol. The molecule has 0 heterocycles. The van der Waals surface area contributed by atoms with Gasteiger partial charge in [0.1, 0.15) is 7.85 Å². The summed E-state index contributed by atoms with van der Waals surface area (Å²) in [5.74, 6) is 3.02. The van der Waals surface area contributed by atoms with Gasteiger partial charge >= 0.3 is 0 Å². The van der Waals surface area contributed by atoms with Gasteiger partial charge in [0.2, 0.25) is 0 Å². The molecule has 0 aromatic carbocycles. The van der Waals surface area contributed by atoms with Crippen molar-refractivity contribution in [3.63, 3.8) is 0 Å². The molecule has 2 unspecified atom stereocenters. The van der Waals surface area contributed by atoms with Gasteiger partial charge < -0.3 is 9.84 Å². The van der Waals surface area contributed by atoms with Crippen LogP contribution < -0.4 is 0 Å². The lowest BCUT2D eigenvalue weighted by atomic mass is 9.81. The Hall–Kier alpha value is 0.335. The average Bonchev–Trinajstić information content (AvgIpc) is 2.26. The minimum absolute atomic E-state index is 0.152. The third kappa shape index (κ3) is 10.7. The second-order valence-corrected chi connectivity index (χ2v) is 7.44. The van der Waals surface area contributed by atoms with Crippen LogP contribution in [0.3, 0.4) is 0 Å². The SMILES string of the molecule is [B]C(C)(O)CCOC(C)(C)C(C)CCCSCCC. The van der Waals surface area contributed by atoms with E-state index in [0.29, 0.717) is 18.9 Å². The maximum absolute atomic E-state index is 9.47. The highest BCUT2D eigenvalue weighted by Crippen LogP contribution is 2.26. The highest BCUT2D eigenvalue weighted by Gasteiger charge is 2.26. The topological polar surface area (TPSA) is 29.5 Å². The molecule has 0 rings (SSSR count). The Kier molecular flexibility index (Phi) is 9.47. The summed E-state index contributed by atoms with van der Waals surface area (Å²) in [7, 11) is 5.54. The van der Waals surface area contributed by atoms with E-state index < -0.39 is 5.50 Å². The predicted molar refractivity (Wildman–Crippen MR) is 87.0 cm³/mol. The second-order valence-electron chi connectivity index (χ2n) is 6.21. The number of hydrogen-bond acceptors (Lipinski definition) is 3. The zero-order valence-corrected chi connectivity index (χ0v) is 14.2. The van der Waals surface area contributed by atoms with Gasteiger partial charge in [-0.25, -0.2) is 0 Å². The third-order valence-electron chi connectivity index (χ3n) is 3.54. The van der Waals surface area contributed by atoms with E-state index in [-0.39, 0.29) is 5.60 Å². The van der Waals surface area contributed by atoms with Crippen molar-refractivity contribution < 1.29 is 9.84 Å². The molecular weight excluding hydrogens is 255 g/mol. The minimum atomic E-state index is -1.13. The lowest BCUT2D eigenvalue weighted by molar-refractivity contribution is -0.0689. The average molecular weight is 286 g/mol. The van der Waals surface area contributed by atoms with Gasteiger partial charge in [-0.3, -0.25) is 0 Å². The summed E-state index contributed by atoms with van der Waals surface area (Å²) in [6.07, 6.45) is 4.15. The molecule has 0 aliphatic rings. The van der Waals surface area contributed by atoms with Crippen LogP contribution in [0.15, 0.2) is 0 Å². The van der Waals surface area contributed by atoms with Crippen molar-refractivity contribution in [3.05, 3.63) is 0 Å². The van der Waals surface area contributed by atoms with Gasteiger partial charge in [0, 0.05) is 12.1 Å². The van der Waals surface area contributed by atoms with Crippen LogP contribution in [0.25, 0.3) is 0 Å².